The molecule has 2 aliphatic heterocycles. The van der Waals surface area contributed by atoms with E-state index in [1.807, 2.05) is 0 Å². The maximum absolute atomic E-state index is 2.37. The molecule has 0 saturated carbocycles. The minimum atomic E-state index is 1.07. The molecule has 128 valence electrons. The van der Waals surface area contributed by atoms with Crippen LogP contribution in [-0.2, 0) is 0 Å². The molecule has 0 aromatic carbocycles. The molecule has 0 spiro atoms. The molecule has 4 nitrogen and oxygen atoms in total. The fraction of sp³-hybridized carbons (Fsp3) is 0.778. The maximum Gasteiger partial charge on any atom is 0.0890 e. The normalized spacial score (nSPS) is 16.5. The Morgan fingerprint density at radius 2 is 1.14 bits per heavy atom. The van der Waals surface area contributed by atoms with Crippen LogP contribution >= 0.6 is 0 Å². The van der Waals surface area contributed by atoms with Crippen LogP contribution in [0.1, 0.15) is 52.4 Å². The van der Waals surface area contributed by atoms with Crippen LogP contribution in [0.5, 0.6) is 0 Å². The summed E-state index contributed by atoms with van der Waals surface area (Å²) in [4.78, 5) is 9.11. The Balaban J connectivity index is 0.000000224. The predicted octanol–water partition coefficient (Wildman–Crippen LogP) is 3.71. The van der Waals surface area contributed by atoms with Crippen molar-refractivity contribution in [2.24, 2.45) is 0 Å². The lowest BCUT2D eigenvalue weighted by atomic mass is 10.2. The molecule has 0 bridgehead atoms. The van der Waals surface area contributed by atoms with E-state index in [1.54, 1.807) is 0 Å². The molecule has 0 N–H and O–H groups in total. The highest BCUT2D eigenvalue weighted by Gasteiger charge is 2.06. The number of hydrogen-bond donors (Lipinski definition) is 0. The van der Waals surface area contributed by atoms with Gasteiger partial charge in [-0.25, -0.2) is 0 Å². The van der Waals surface area contributed by atoms with E-state index in [0.717, 1.165) is 13.3 Å². The molecule has 0 atom stereocenters. The van der Waals surface area contributed by atoms with Crippen molar-refractivity contribution in [3.05, 3.63) is 24.8 Å². The van der Waals surface area contributed by atoms with Crippen molar-refractivity contribution in [2.75, 3.05) is 40.5 Å². The quantitative estimate of drug-likeness (QED) is 0.634. The molecule has 2 aliphatic rings. The van der Waals surface area contributed by atoms with E-state index in [-0.39, 0.29) is 0 Å². The van der Waals surface area contributed by atoms with Crippen molar-refractivity contribution in [3.8, 4) is 0 Å². The Labute approximate surface area is 138 Å². The molecule has 0 saturated heterocycles. The third-order valence-electron chi connectivity index (χ3n) is 3.97. The van der Waals surface area contributed by atoms with E-state index in [0.29, 0.717) is 0 Å². The molecule has 0 aromatic heterocycles. The Bertz CT molecular complexity index is 327. The topological polar surface area (TPSA) is 13.0 Å². The van der Waals surface area contributed by atoms with Crippen molar-refractivity contribution in [3.63, 3.8) is 0 Å². The van der Waals surface area contributed by atoms with Gasteiger partial charge in [0, 0.05) is 52.0 Å². The molecule has 0 unspecified atom stereocenters. The lowest BCUT2D eigenvalue weighted by Gasteiger charge is -2.17. The Morgan fingerprint density at radius 3 is 1.55 bits per heavy atom. The maximum atomic E-state index is 2.37. The van der Waals surface area contributed by atoms with Crippen molar-refractivity contribution < 1.29 is 0 Å². The van der Waals surface area contributed by atoms with Gasteiger partial charge in [0.15, 0.2) is 0 Å². The molecule has 4 heteroatoms. The van der Waals surface area contributed by atoms with Crippen molar-refractivity contribution in [2.45, 2.75) is 52.4 Å². The van der Waals surface area contributed by atoms with Crippen LogP contribution in [0.4, 0.5) is 0 Å². The summed E-state index contributed by atoms with van der Waals surface area (Å²) in [6, 6.07) is 0. The van der Waals surface area contributed by atoms with Crippen LogP contribution in [0.3, 0.4) is 0 Å². The summed E-state index contributed by atoms with van der Waals surface area (Å²) < 4.78 is 0. The first kappa shape index (κ1) is 18.7. The van der Waals surface area contributed by atoms with Gasteiger partial charge in [0.25, 0.3) is 0 Å². The summed E-state index contributed by atoms with van der Waals surface area (Å²) in [5.41, 5.74) is 0. The van der Waals surface area contributed by atoms with Crippen LogP contribution < -0.4 is 0 Å². The summed E-state index contributed by atoms with van der Waals surface area (Å²) in [5, 5.41) is 0. The molecule has 0 radical (unpaired) electrons. The average Bonchev–Trinajstić information content (AvgIpc) is 3.11. The van der Waals surface area contributed by atoms with Gasteiger partial charge in [0.1, 0.15) is 0 Å². The number of hydrogen-bond acceptors (Lipinski definition) is 4. The molecular formula is C18H36N4. The van der Waals surface area contributed by atoms with E-state index >= 15 is 0 Å². The Kier molecular flexibility index (Phi) is 9.60. The van der Waals surface area contributed by atoms with Crippen LogP contribution in [0, 0.1) is 0 Å². The molecular weight excluding hydrogens is 272 g/mol. The van der Waals surface area contributed by atoms with Crippen LogP contribution in [0.2, 0.25) is 0 Å². The summed E-state index contributed by atoms with van der Waals surface area (Å²) in [6.07, 6.45) is 16.6. The number of rotatable bonds is 8. The van der Waals surface area contributed by atoms with Crippen LogP contribution in [-0.4, -0.2) is 60.1 Å². The Morgan fingerprint density at radius 1 is 0.636 bits per heavy atom. The highest BCUT2D eigenvalue weighted by molar-refractivity contribution is 4.88. The zero-order chi connectivity index (χ0) is 16.2. The predicted molar refractivity (Wildman–Crippen MR) is 96.0 cm³/mol. The second-order valence-corrected chi connectivity index (χ2v) is 6.43. The second kappa shape index (κ2) is 11.3. The molecule has 22 heavy (non-hydrogen) atoms. The molecule has 2 heterocycles. The molecule has 0 fully saturated rings. The third-order valence-corrected chi connectivity index (χ3v) is 3.97. The third kappa shape index (κ3) is 8.20. The smallest absolute Gasteiger partial charge is 0.0890 e. The van der Waals surface area contributed by atoms with Crippen LogP contribution in [0.25, 0.3) is 0 Å². The lowest BCUT2D eigenvalue weighted by molar-refractivity contribution is 0.291. The SMILES string of the molecule is CCCCCCN1C=CN(C)C1.CCCCN1C=CN(C)C1. The fourth-order valence-corrected chi connectivity index (χ4v) is 2.57. The van der Waals surface area contributed by atoms with Gasteiger partial charge in [-0.15, -0.1) is 0 Å². The van der Waals surface area contributed by atoms with E-state index < -0.39 is 0 Å². The average molecular weight is 309 g/mol. The summed E-state index contributed by atoms with van der Waals surface area (Å²) in [6.45, 7) is 9.05. The van der Waals surface area contributed by atoms with Gasteiger partial charge in [0.2, 0.25) is 0 Å². The van der Waals surface area contributed by atoms with Crippen molar-refractivity contribution >= 4 is 0 Å². The van der Waals surface area contributed by atoms with Gasteiger partial charge < -0.3 is 19.6 Å². The molecule has 0 amide bonds. The second-order valence-electron chi connectivity index (χ2n) is 6.43. The summed E-state index contributed by atoms with van der Waals surface area (Å²) in [7, 11) is 4.21. The first-order chi connectivity index (χ1) is 10.7. The summed E-state index contributed by atoms with van der Waals surface area (Å²) >= 11 is 0. The molecule has 2 rings (SSSR count). The first-order valence-corrected chi connectivity index (χ1v) is 8.91. The highest BCUT2D eigenvalue weighted by atomic mass is 15.3. The van der Waals surface area contributed by atoms with Gasteiger partial charge in [-0.05, 0) is 12.8 Å². The van der Waals surface area contributed by atoms with Gasteiger partial charge in [-0.1, -0.05) is 39.5 Å². The van der Waals surface area contributed by atoms with Gasteiger partial charge in [-0.3, -0.25) is 0 Å². The fourth-order valence-electron chi connectivity index (χ4n) is 2.57. The largest absolute Gasteiger partial charge is 0.362 e. The Hall–Kier alpha value is -1.32. The van der Waals surface area contributed by atoms with Crippen molar-refractivity contribution in [1.29, 1.82) is 0 Å². The van der Waals surface area contributed by atoms with Crippen LogP contribution in [0.15, 0.2) is 24.8 Å². The summed E-state index contributed by atoms with van der Waals surface area (Å²) in [5.74, 6) is 0. The van der Waals surface area contributed by atoms with E-state index in [1.165, 1.54) is 51.6 Å². The van der Waals surface area contributed by atoms with Gasteiger partial charge in [-0.2, -0.15) is 0 Å². The zero-order valence-electron chi connectivity index (χ0n) is 15.2. The molecule has 0 aromatic rings. The lowest BCUT2D eigenvalue weighted by Crippen LogP contribution is -2.23. The van der Waals surface area contributed by atoms with E-state index in [2.05, 4.69) is 72.3 Å². The van der Waals surface area contributed by atoms with Crippen molar-refractivity contribution in [1.82, 2.24) is 19.6 Å². The first-order valence-electron chi connectivity index (χ1n) is 8.91. The number of nitrogens with zero attached hydrogens (tertiary/aromatic N) is 4. The van der Waals surface area contributed by atoms with Gasteiger partial charge >= 0.3 is 0 Å². The minimum absolute atomic E-state index is 1.07. The monoisotopic (exact) mass is 308 g/mol. The van der Waals surface area contributed by atoms with Gasteiger partial charge in [0.05, 0.1) is 13.3 Å². The van der Waals surface area contributed by atoms with E-state index in [9.17, 15) is 0 Å². The van der Waals surface area contributed by atoms with E-state index in [4.69, 9.17) is 0 Å². The standard InChI is InChI=1S/C10H20N2.C8H16N2/c1-3-4-5-6-7-12-9-8-11(2)10-12;1-3-4-5-10-7-6-9(2)8-10/h8-9H,3-7,10H2,1-2H3;6-7H,3-5,8H2,1-2H3. The zero-order valence-corrected chi connectivity index (χ0v) is 15.2. The minimum Gasteiger partial charge on any atom is -0.362 e. The molecule has 0 aliphatic carbocycles. The highest BCUT2D eigenvalue weighted by Crippen LogP contribution is 2.07. The number of unbranched alkanes of at least 4 members (excludes halogenated alkanes) is 4.